The number of nitrogens with zero attached hydrogens (tertiary/aromatic N) is 2. The quantitative estimate of drug-likeness (QED) is 0.800. The van der Waals surface area contributed by atoms with Crippen LogP contribution < -0.4 is 10.5 Å². The fraction of sp³-hybridized carbons (Fsp3) is 0.500. The van der Waals surface area contributed by atoms with E-state index in [2.05, 4.69) is 4.98 Å². The smallest absolute Gasteiger partial charge is 0.260 e. The molecule has 98 valence electrons. The molecule has 1 amide bonds. The van der Waals surface area contributed by atoms with Crippen molar-refractivity contribution >= 4 is 5.91 Å². The summed E-state index contributed by atoms with van der Waals surface area (Å²) in [7, 11) is 0. The van der Waals surface area contributed by atoms with Gasteiger partial charge in [0.1, 0.15) is 5.75 Å². The van der Waals surface area contributed by atoms with E-state index in [0.717, 1.165) is 5.69 Å². The Bertz CT molecular complexity index is 388. The van der Waals surface area contributed by atoms with Crippen LogP contribution in [0.25, 0.3) is 0 Å². The van der Waals surface area contributed by atoms with Gasteiger partial charge in [0, 0.05) is 19.6 Å². The summed E-state index contributed by atoms with van der Waals surface area (Å²) in [5.74, 6) is 0.551. The van der Waals surface area contributed by atoms with E-state index in [4.69, 9.17) is 15.2 Å². The maximum absolute atomic E-state index is 11.8. The van der Waals surface area contributed by atoms with Crippen LogP contribution in [0.1, 0.15) is 5.69 Å². The minimum atomic E-state index is -0.0267. The molecule has 2 rings (SSSR count). The van der Waals surface area contributed by atoms with Crippen molar-refractivity contribution in [1.29, 1.82) is 0 Å². The van der Waals surface area contributed by atoms with Crippen LogP contribution >= 0.6 is 0 Å². The second kappa shape index (κ2) is 6.32. The van der Waals surface area contributed by atoms with Gasteiger partial charge in [0.05, 0.1) is 25.1 Å². The maximum atomic E-state index is 11.8. The first-order valence-corrected chi connectivity index (χ1v) is 5.93. The van der Waals surface area contributed by atoms with Gasteiger partial charge in [0.2, 0.25) is 0 Å². The molecular formula is C12H17N3O3. The van der Waals surface area contributed by atoms with E-state index in [1.54, 1.807) is 23.2 Å². The molecule has 2 heterocycles. The molecule has 0 radical (unpaired) electrons. The normalized spacial score (nSPS) is 15.5. The monoisotopic (exact) mass is 251 g/mol. The molecule has 6 nitrogen and oxygen atoms in total. The lowest BCUT2D eigenvalue weighted by molar-refractivity contribution is -0.137. The number of hydrogen-bond donors (Lipinski definition) is 1. The zero-order valence-corrected chi connectivity index (χ0v) is 10.2. The number of amides is 1. The van der Waals surface area contributed by atoms with Gasteiger partial charge in [-0.1, -0.05) is 0 Å². The van der Waals surface area contributed by atoms with Crippen LogP contribution in [0, 0.1) is 0 Å². The third-order valence-electron chi connectivity index (χ3n) is 2.73. The van der Waals surface area contributed by atoms with Crippen molar-refractivity contribution in [2.75, 3.05) is 32.9 Å². The van der Waals surface area contributed by atoms with Crippen molar-refractivity contribution in [2.24, 2.45) is 5.73 Å². The average molecular weight is 251 g/mol. The molecule has 2 N–H and O–H groups in total. The minimum Gasteiger partial charge on any atom is -0.482 e. The number of morpholine rings is 1. The Kier molecular flexibility index (Phi) is 4.49. The predicted octanol–water partition coefficient (Wildman–Crippen LogP) is -0.222. The Labute approximate surface area is 106 Å². The molecule has 0 aromatic carbocycles. The SMILES string of the molecule is NCc1ccc(OCC(=O)N2CCOCC2)cn1. The van der Waals surface area contributed by atoms with E-state index < -0.39 is 0 Å². The van der Waals surface area contributed by atoms with Gasteiger partial charge in [0.25, 0.3) is 5.91 Å². The summed E-state index contributed by atoms with van der Waals surface area (Å²) < 4.78 is 10.6. The lowest BCUT2D eigenvalue weighted by Crippen LogP contribution is -2.42. The van der Waals surface area contributed by atoms with Gasteiger partial charge in [-0.15, -0.1) is 0 Å². The molecule has 6 heteroatoms. The Hall–Kier alpha value is -1.66. The van der Waals surface area contributed by atoms with Gasteiger partial charge >= 0.3 is 0 Å². The Morgan fingerprint density at radius 1 is 1.44 bits per heavy atom. The van der Waals surface area contributed by atoms with Crippen LogP contribution in [-0.4, -0.2) is 48.7 Å². The highest BCUT2D eigenvalue weighted by Crippen LogP contribution is 2.09. The standard InChI is InChI=1S/C12H17N3O3/c13-7-10-1-2-11(8-14-10)18-9-12(16)15-3-5-17-6-4-15/h1-2,8H,3-7,9,13H2. The molecule has 1 aromatic heterocycles. The van der Waals surface area contributed by atoms with Gasteiger partial charge in [-0.3, -0.25) is 9.78 Å². The molecule has 1 aromatic rings. The van der Waals surface area contributed by atoms with Crippen molar-refractivity contribution in [1.82, 2.24) is 9.88 Å². The van der Waals surface area contributed by atoms with Gasteiger partial charge < -0.3 is 20.1 Å². The maximum Gasteiger partial charge on any atom is 0.260 e. The zero-order valence-electron chi connectivity index (χ0n) is 10.2. The fourth-order valence-electron chi connectivity index (χ4n) is 1.67. The largest absolute Gasteiger partial charge is 0.482 e. The molecule has 0 aliphatic carbocycles. The number of carbonyl (C=O) groups is 1. The van der Waals surface area contributed by atoms with Gasteiger partial charge in [0.15, 0.2) is 6.61 Å². The van der Waals surface area contributed by atoms with Crippen molar-refractivity contribution in [3.05, 3.63) is 24.0 Å². The Morgan fingerprint density at radius 2 is 2.22 bits per heavy atom. The first kappa shape index (κ1) is 12.8. The molecule has 0 bridgehead atoms. The van der Waals surface area contributed by atoms with E-state index in [0.29, 0.717) is 38.6 Å². The molecule has 0 saturated carbocycles. The third kappa shape index (κ3) is 3.41. The molecule has 1 aliphatic rings. The number of nitrogens with two attached hydrogens (primary N) is 1. The lowest BCUT2D eigenvalue weighted by Gasteiger charge is -2.26. The topological polar surface area (TPSA) is 77.7 Å². The number of rotatable bonds is 4. The highest BCUT2D eigenvalue weighted by molar-refractivity contribution is 5.77. The summed E-state index contributed by atoms with van der Waals surface area (Å²) in [5.41, 5.74) is 6.24. The average Bonchev–Trinajstić information content (AvgIpc) is 2.46. The van der Waals surface area contributed by atoms with Crippen LogP contribution in [0.2, 0.25) is 0 Å². The van der Waals surface area contributed by atoms with E-state index in [9.17, 15) is 4.79 Å². The zero-order chi connectivity index (χ0) is 12.8. The van der Waals surface area contributed by atoms with Crippen molar-refractivity contribution in [3.8, 4) is 5.75 Å². The first-order valence-electron chi connectivity index (χ1n) is 5.93. The molecule has 1 aliphatic heterocycles. The lowest BCUT2D eigenvalue weighted by atomic mass is 10.3. The highest BCUT2D eigenvalue weighted by atomic mass is 16.5. The number of carbonyl (C=O) groups excluding carboxylic acids is 1. The summed E-state index contributed by atoms with van der Waals surface area (Å²) in [5, 5.41) is 0. The van der Waals surface area contributed by atoms with Gasteiger partial charge in [-0.05, 0) is 12.1 Å². The summed E-state index contributed by atoms with van der Waals surface area (Å²) in [6.45, 7) is 2.88. The molecule has 0 atom stereocenters. The number of pyridine rings is 1. The Balaban J connectivity index is 1.80. The van der Waals surface area contributed by atoms with Crippen molar-refractivity contribution in [2.45, 2.75) is 6.54 Å². The molecule has 1 fully saturated rings. The number of aromatic nitrogens is 1. The molecule has 0 unspecified atom stereocenters. The summed E-state index contributed by atoms with van der Waals surface area (Å²) in [4.78, 5) is 17.6. The third-order valence-corrected chi connectivity index (χ3v) is 2.73. The van der Waals surface area contributed by atoms with Gasteiger partial charge in [-0.25, -0.2) is 0 Å². The van der Waals surface area contributed by atoms with Crippen LogP contribution in [0.15, 0.2) is 18.3 Å². The number of hydrogen-bond acceptors (Lipinski definition) is 5. The second-order valence-corrected chi connectivity index (χ2v) is 3.97. The molecular weight excluding hydrogens is 234 g/mol. The van der Waals surface area contributed by atoms with Crippen molar-refractivity contribution < 1.29 is 14.3 Å². The van der Waals surface area contributed by atoms with E-state index in [-0.39, 0.29) is 12.5 Å². The Morgan fingerprint density at radius 3 is 2.83 bits per heavy atom. The minimum absolute atomic E-state index is 0.0267. The van der Waals surface area contributed by atoms with Crippen LogP contribution in [0.3, 0.4) is 0 Å². The van der Waals surface area contributed by atoms with E-state index >= 15 is 0 Å². The van der Waals surface area contributed by atoms with Crippen LogP contribution in [0.4, 0.5) is 0 Å². The first-order chi connectivity index (χ1) is 8.79. The van der Waals surface area contributed by atoms with Gasteiger partial charge in [-0.2, -0.15) is 0 Å². The second-order valence-electron chi connectivity index (χ2n) is 3.97. The van der Waals surface area contributed by atoms with Crippen LogP contribution in [0.5, 0.6) is 5.75 Å². The highest BCUT2D eigenvalue weighted by Gasteiger charge is 2.16. The van der Waals surface area contributed by atoms with Crippen LogP contribution in [-0.2, 0) is 16.1 Å². The summed E-state index contributed by atoms with van der Waals surface area (Å²) in [6.07, 6.45) is 1.58. The molecule has 1 saturated heterocycles. The van der Waals surface area contributed by atoms with Crippen molar-refractivity contribution in [3.63, 3.8) is 0 Å². The van der Waals surface area contributed by atoms with E-state index in [1.165, 1.54) is 0 Å². The number of ether oxygens (including phenoxy) is 2. The fourth-order valence-corrected chi connectivity index (χ4v) is 1.67. The summed E-state index contributed by atoms with van der Waals surface area (Å²) in [6, 6.07) is 3.55. The summed E-state index contributed by atoms with van der Waals surface area (Å²) >= 11 is 0. The molecule has 18 heavy (non-hydrogen) atoms. The predicted molar refractivity (Wildman–Crippen MR) is 65.0 cm³/mol. The molecule has 0 spiro atoms. The van der Waals surface area contributed by atoms with E-state index in [1.807, 2.05) is 0 Å².